The van der Waals surface area contributed by atoms with E-state index in [9.17, 15) is 17.8 Å². The molecule has 18 heavy (non-hydrogen) atoms. The summed E-state index contributed by atoms with van der Waals surface area (Å²) in [6.45, 7) is 2.29. The van der Waals surface area contributed by atoms with E-state index in [4.69, 9.17) is 5.73 Å². The molecule has 4 nitrogen and oxygen atoms in total. The van der Waals surface area contributed by atoms with E-state index >= 15 is 0 Å². The quantitative estimate of drug-likeness (QED) is 0.793. The van der Waals surface area contributed by atoms with Gasteiger partial charge in [-0.15, -0.1) is 0 Å². The van der Waals surface area contributed by atoms with Crippen LogP contribution in [0.3, 0.4) is 0 Å². The molecule has 0 radical (unpaired) electrons. The van der Waals surface area contributed by atoms with Crippen LogP contribution in [0.2, 0.25) is 0 Å². The third-order valence-electron chi connectivity index (χ3n) is 2.08. The summed E-state index contributed by atoms with van der Waals surface area (Å²) in [5.41, 5.74) is 5.14. The van der Waals surface area contributed by atoms with Crippen LogP contribution in [0, 0.1) is 11.6 Å². The van der Waals surface area contributed by atoms with Crippen LogP contribution in [-0.2, 0) is 15.6 Å². The number of hydrogen-bond acceptors (Lipinski definition) is 3. The summed E-state index contributed by atoms with van der Waals surface area (Å²) >= 11 is 0. The van der Waals surface area contributed by atoms with Crippen LogP contribution >= 0.6 is 0 Å². The van der Waals surface area contributed by atoms with E-state index in [1.165, 1.54) is 0 Å². The highest BCUT2D eigenvalue weighted by Crippen LogP contribution is 2.20. The third-order valence-corrected chi connectivity index (χ3v) is 3.45. The summed E-state index contributed by atoms with van der Waals surface area (Å²) in [5, 5.41) is 2.48. The zero-order chi connectivity index (χ0) is 13.7. The molecule has 0 saturated carbocycles. The van der Waals surface area contributed by atoms with Gasteiger partial charge in [0.1, 0.15) is 22.3 Å². The highest BCUT2D eigenvalue weighted by molar-refractivity contribution is 7.85. The number of nitrogens with one attached hydrogen (secondary N) is 1. The molecule has 0 aliphatic carbocycles. The van der Waals surface area contributed by atoms with Crippen LogP contribution in [0.1, 0.15) is 13.3 Å². The monoisotopic (exact) mass is 276 g/mol. The lowest BCUT2D eigenvalue weighted by molar-refractivity contribution is -0.118. The second kappa shape index (κ2) is 6.44. The summed E-state index contributed by atoms with van der Waals surface area (Å²) in [5.74, 6) is -2.99. The predicted molar refractivity (Wildman–Crippen MR) is 65.3 cm³/mol. The number of nitrogens with two attached hydrogens (primary N) is 1. The van der Waals surface area contributed by atoms with Gasteiger partial charge in [0.25, 0.3) is 0 Å². The molecule has 1 aromatic carbocycles. The molecule has 7 heteroatoms. The van der Waals surface area contributed by atoms with Crippen molar-refractivity contribution in [3.8, 4) is 0 Å². The van der Waals surface area contributed by atoms with Crippen molar-refractivity contribution in [1.82, 2.24) is 5.32 Å². The standard InChI is InChI=1S/C11H14F2N2O2S/c1-2-3-15-10(16)6-18(17)11-8(12)4-7(14)5-9(11)13/h4-5H,2-3,6,14H2,1H3,(H,15,16). The highest BCUT2D eigenvalue weighted by Gasteiger charge is 2.19. The minimum absolute atomic E-state index is 0.0961. The molecular weight excluding hydrogens is 262 g/mol. The summed E-state index contributed by atoms with van der Waals surface area (Å²) in [6.07, 6.45) is 0.725. The summed E-state index contributed by atoms with van der Waals surface area (Å²) in [4.78, 5) is 10.7. The molecule has 1 rings (SSSR count). The number of amides is 1. The molecule has 0 fully saturated rings. The second-order valence-corrected chi connectivity index (χ2v) is 5.04. The first-order valence-electron chi connectivity index (χ1n) is 5.35. The third kappa shape index (κ3) is 3.76. The number of rotatable bonds is 5. The first-order valence-corrected chi connectivity index (χ1v) is 6.67. The molecule has 100 valence electrons. The minimum Gasteiger partial charge on any atom is -0.399 e. The van der Waals surface area contributed by atoms with Crippen molar-refractivity contribution in [2.75, 3.05) is 18.0 Å². The van der Waals surface area contributed by atoms with Gasteiger partial charge in [0, 0.05) is 12.2 Å². The van der Waals surface area contributed by atoms with Gasteiger partial charge in [-0.2, -0.15) is 0 Å². The zero-order valence-corrected chi connectivity index (χ0v) is 10.7. The predicted octanol–water partition coefficient (Wildman–Crippen LogP) is 1.18. The molecular formula is C11H14F2N2O2S. The van der Waals surface area contributed by atoms with Gasteiger partial charge in [-0.05, 0) is 18.6 Å². The lowest BCUT2D eigenvalue weighted by Crippen LogP contribution is -2.29. The molecule has 0 aromatic heterocycles. The van der Waals surface area contributed by atoms with E-state index in [0.29, 0.717) is 6.54 Å². The maximum Gasteiger partial charge on any atom is 0.233 e. The summed E-state index contributed by atoms with van der Waals surface area (Å²) < 4.78 is 38.5. The van der Waals surface area contributed by atoms with Crippen molar-refractivity contribution in [3.05, 3.63) is 23.8 Å². The Balaban J connectivity index is 2.82. The number of anilines is 1. The largest absolute Gasteiger partial charge is 0.399 e. The molecule has 0 aliphatic heterocycles. The van der Waals surface area contributed by atoms with Crippen LogP contribution in [0.5, 0.6) is 0 Å². The number of nitrogen functional groups attached to an aromatic ring is 1. The molecule has 0 bridgehead atoms. The maximum absolute atomic E-state index is 13.4. The van der Waals surface area contributed by atoms with Gasteiger partial charge in [0.2, 0.25) is 5.91 Å². The van der Waals surface area contributed by atoms with Crippen molar-refractivity contribution in [2.45, 2.75) is 18.2 Å². The molecule has 1 atom stereocenters. The number of halogens is 2. The van der Waals surface area contributed by atoms with Crippen LogP contribution in [0.25, 0.3) is 0 Å². The number of carbonyl (C=O) groups excluding carboxylic acids is 1. The fourth-order valence-electron chi connectivity index (χ4n) is 1.30. The lowest BCUT2D eigenvalue weighted by atomic mass is 10.3. The molecule has 0 saturated heterocycles. The van der Waals surface area contributed by atoms with Crippen molar-refractivity contribution in [1.29, 1.82) is 0 Å². The topological polar surface area (TPSA) is 72.2 Å². The Hall–Kier alpha value is -1.50. The van der Waals surface area contributed by atoms with E-state index in [0.717, 1.165) is 18.6 Å². The first kappa shape index (κ1) is 14.6. The SMILES string of the molecule is CCCNC(=O)CS(=O)c1c(F)cc(N)cc1F. The smallest absolute Gasteiger partial charge is 0.233 e. The Kier molecular flexibility index (Phi) is 5.21. The maximum atomic E-state index is 13.4. The Bertz CT molecular complexity index is 457. The Morgan fingerprint density at radius 3 is 2.44 bits per heavy atom. The van der Waals surface area contributed by atoms with E-state index < -0.39 is 39.0 Å². The second-order valence-electron chi connectivity index (χ2n) is 3.65. The molecule has 1 aromatic rings. The van der Waals surface area contributed by atoms with E-state index in [1.807, 2.05) is 6.92 Å². The van der Waals surface area contributed by atoms with E-state index in [1.54, 1.807) is 0 Å². The number of carbonyl (C=O) groups is 1. The summed E-state index contributed by atoms with van der Waals surface area (Å²) in [6, 6.07) is 1.75. The zero-order valence-electron chi connectivity index (χ0n) is 9.83. The number of benzene rings is 1. The van der Waals surface area contributed by atoms with Gasteiger partial charge in [0.15, 0.2) is 0 Å². The van der Waals surface area contributed by atoms with Crippen molar-refractivity contribution in [2.24, 2.45) is 0 Å². The molecule has 3 N–H and O–H groups in total. The Morgan fingerprint density at radius 1 is 1.39 bits per heavy atom. The van der Waals surface area contributed by atoms with E-state index in [2.05, 4.69) is 5.32 Å². The molecule has 0 heterocycles. The van der Waals surface area contributed by atoms with Gasteiger partial charge < -0.3 is 11.1 Å². The van der Waals surface area contributed by atoms with Crippen LogP contribution in [0.15, 0.2) is 17.0 Å². The number of hydrogen-bond donors (Lipinski definition) is 2. The molecule has 0 spiro atoms. The Morgan fingerprint density at radius 2 is 1.94 bits per heavy atom. The average molecular weight is 276 g/mol. The van der Waals surface area contributed by atoms with Crippen molar-refractivity contribution in [3.63, 3.8) is 0 Å². The van der Waals surface area contributed by atoms with Crippen LogP contribution in [0.4, 0.5) is 14.5 Å². The molecule has 0 aliphatic rings. The summed E-state index contributed by atoms with van der Waals surface area (Å²) in [7, 11) is -2.07. The minimum atomic E-state index is -2.07. The average Bonchev–Trinajstić information content (AvgIpc) is 2.24. The van der Waals surface area contributed by atoms with Gasteiger partial charge in [-0.3, -0.25) is 9.00 Å². The van der Waals surface area contributed by atoms with Crippen molar-refractivity contribution < 1.29 is 17.8 Å². The van der Waals surface area contributed by atoms with Gasteiger partial charge in [-0.1, -0.05) is 6.92 Å². The highest BCUT2D eigenvalue weighted by atomic mass is 32.2. The Labute approximate surface area is 106 Å². The van der Waals surface area contributed by atoms with Crippen LogP contribution in [-0.4, -0.2) is 22.4 Å². The normalized spacial score (nSPS) is 12.2. The molecule has 1 unspecified atom stereocenters. The van der Waals surface area contributed by atoms with E-state index in [-0.39, 0.29) is 5.69 Å². The van der Waals surface area contributed by atoms with Crippen LogP contribution < -0.4 is 11.1 Å². The lowest BCUT2D eigenvalue weighted by Gasteiger charge is -2.06. The first-order chi connectivity index (χ1) is 8.45. The van der Waals surface area contributed by atoms with Gasteiger partial charge in [0.05, 0.1) is 10.8 Å². The fraction of sp³-hybridized carbons (Fsp3) is 0.364. The fourth-order valence-corrected chi connectivity index (χ4v) is 2.34. The molecule has 1 amide bonds. The van der Waals surface area contributed by atoms with Gasteiger partial charge >= 0.3 is 0 Å². The van der Waals surface area contributed by atoms with Crippen molar-refractivity contribution >= 4 is 22.4 Å². The van der Waals surface area contributed by atoms with Gasteiger partial charge in [-0.25, -0.2) is 8.78 Å².